The van der Waals surface area contributed by atoms with Gasteiger partial charge in [0.2, 0.25) is 5.43 Å². The molecule has 8 heteroatoms. The summed E-state index contributed by atoms with van der Waals surface area (Å²) in [6, 6.07) is 0.0925. The Morgan fingerprint density at radius 3 is 2.20 bits per heavy atom. The fourth-order valence-electron chi connectivity index (χ4n) is 0.876. The molecule has 1 N–H and O–H groups in total. The van der Waals surface area contributed by atoms with E-state index in [1.807, 2.05) is 0 Å². The molecule has 1 aromatic rings. The summed E-state index contributed by atoms with van der Waals surface area (Å²) < 4.78 is 72.7. The van der Waals surface area contributed by atoms with Crippen LogP contribution >= 0.6 is 0 Å². The summed E-state index contributed by atoms with van der Waals surface area (Å²) in [6.45, 7) is 0. The van der Waals surface area contributed by atoms with Gasteiger partial charge in [0.1, 0.15) is 0 Å². The number of aromatic nitrogens is 1. The van der Waals surface area contributed by atoms with Gasteiger partial charge in [-0.05, 0) is 0 Å². The van der Waals surface area contributed by atoms with Crippen molar-refractivity contribution in [3.63, 3.8) is 0 Å². The second-order valence-electron chi connectivity index (χ2n) is 2.58. The molecule has 0 spiro atoms. The molecule has 0 aromatic carbocycles. The second-order valence-corrected chi connectivity index (χ2v) is 2.58. The van der Waals surface area contributed by atoms with Crippen LogP contribution in [0.15, 0.2) is 10.9 Å². The molecule has 84 valence electrons. The summed E-state index contributed by atoms with van der Waals surface area (Å²) >= 11 is 0. The van der Waals surface area contributed by atoms with Crippen LogP contribution < -0.4 is 5.43 Å². The number of rotatable bonds is 1. The van der Waals surface area contributed by atoms with Gasteiger partial charge in [-0.15, -0.1) is 0 Å². The molecule has 15 heavy (non-hydrogen) atoms. The van der Waals surface area contributed by atoms with E-state index in [0.717, 1.165) is 4.98 Å². The number of halogens is 6. The van der Waals surface area contributed by atoms with Crippen LogP contribution in [0, 0.1) is 5.82 Å². The Morgan fingerprint density at radius 1 is 1.27 bits per heavy atom. The van der Waals surface area contributed by atoms with Crippen LogP contribution in [-0.2, 0) is 6.18 Å². The van der Waals surface area contributed by atoms with Gasteiger partial charge in [-0.3, -0.25) is 4.79 Å². The maximum absolute atomic E-state index is 12.6. The largest absolute Gasteiger partial charge is 0.434 e. The van der Waals surface area contributed by atoms with E-state index < -0.39 is 35.2 Å². The van der Waals surface area contributed by atoms with E-state index in [1.165, 1.54) is 0 Å². The van der Waals surface area contributed by atoms with Crippen LogP contribution in [0.3, 0.4) is 0 Å². The first kappa shape index (κ1) is 11.6. The molecule has 0 saturated heterocycles. The van der Waals surface area contributed by atoms with Crippen molar-refractivity contribution in [2.24, 2.45) is 0 Å². The van der Waals surface area contributed by atoms with E-state index in [1.54, 1.807) is 0 Å². The van der Waals surface area contributed by atoms with Crippen LogP contribution in [0.5, 0.6) is 0 Å². The minimum atomic E-state index is -5.21. The van der Waals surface area contributed by atoms with Crippen molar-refractivity contribution in [2.45, 2.75) is 12.6 Å². The number of aromatic amines is 1. The molecule has 1 rings (SSSR count). The smallest absolute Gasteiger partial charge is 0.348 e. The van der Waals surface area contributed by atoms with Gasteiger partial charge in [0.05, 0.1) is 5.69 Å². The second kappa shape index (κ2) is 3.59. The van der Waals surface area contributed by atoms with Crippen LogP contribution in [0.25, 0.3) is 0 Å². The summed E-state index contributed by atoms with van der Waals surface area (Å²) in [4.78, 5) is 11.7. The zero-order chi connectivity index (χ0) is 11.8. The summed E-state index contributed by atoms with van der Waals surface area (Å²) in [5.74, 6) is -2.12. The van der Waals surface area contributed by atoms with Crippen molar-refractivity contribution in [3.05, 3.63) is 33.5 Å². The number of hydrogen-bond donors (Lipinski definition) is 1. The third-order valence-electron chi connectivity index (χ3n) is 1.51. The molecule has 2 nitrogen and oxygen atoms in total. The normalized spacial score (nSPS) is 12.2. The van der Waals surface area contributed by atoms with E-state index >= 15 is 0 Å². The first-order chi connectivity index (χ1) is 6.73. The molecular weight excluding hydrogens is 228 g/mol. The van der Waals surface area contributed by atoms with Crippen molar-refractivity contribution in [3.8, 4) is 0 Å². The van der Waals surface area contributed by atoms with Crippen molar-refractivity contribution < 1.29 is 26.3 Å². The standard InChI is InChI=1S/C7H3F6NO/c8-4-3(15)1-2(6(9)10)14-5(4)7(11,12)13/h1,6H,(H,14,15). The van der Waals surface area contributed by atoms with Gasteiger partial charge in [0.25, 0.3) is 6.43 Å². The quantitative estimate of drug-likeness (QED) is 0.740. The van der Waals surface area contributed by atoms with Gasteiger partial charge in [0, 0.05) is 6.07 Å². The lowest BCUT2D eigenvalue weighted by Crippen LogP contribution is -2.20. The van der Waals surface area contributed by atoms with Gasteiger partial charge in [0.15, 0.2) is 11.5 Å². The zero-order valence-electron chi connectivity index (χ0n) is 6.83. The van der Waals surface area contributed by atoms with E-state index in [-0.39, 0.29) is 6.07 Å². The highest BCUT2D eigenvalue weighted by molar-refractivity contribution is 5.17. The minimum absolute atomic E-state index is 0.0925. The van der Waals surface area contributed by atoms with E-state index in [2.05, 4.69) is 0 Å². The van der Waals surface area contributed by atoms with Gasteiger partial charge in [-0.25, -0.2) is 13.2 Å². The first-order valence-electron chi connectivity index (χ1n) is 3.51. The summed E-state index contributed by atoms with van der Waals surface area (Å²) in [6.07, 6.45) is -8.52. The lowest BCUT2D eigenvalue weighted by Gasteiger charge is -2.09. The number of alkyl halides is 5. The third-order valence-corrected chi connectivity index (χ3v) is 1.51. The molecule has 0 aliphatic carbocycles. The van der Waals surface area contributed by atoms with Crippen LogP contribution in [0.2, 0.25) is 0 Å². The fourth-order valence-corrected chi connectivity index (χ4v) is 0.876. The Balaban J connectivity index is 3.46. The average molecular weight is 231 g/mol. The molecule has 1 heterocycles. The summed E-state index contributed by atoms with van der Waals surface area (Å²) in [5.41, 5.74) is -5.09. The lowest BCUT2D eigenvalue weighted by molar-refractivity contribution is -0.144. The molecule has 0 atom stereocenters. The molecule has 0 aliphatic rings. The highest BCUT2D eigenvalue weighted by Crippen LogP contribution is 2.29. The predicted octanol–water partition coefficient (Wildman–Crippen LogP) is 2.47. The maximum atomic E-state index is 12.6. The van der Waals surface area contributed by atoms with Gasteiger partial charge >= 0.3 is 6.18 Å². The highest BCUT2D eigenvalue weighted by atomic mass is 19.4. The Bertz CT molecular complexity index is 420. The Morgan fingerprint density at radius 2 is 1.80 bits per heavy atom. The van der Waals surface area contributed by atoms with Crippen molar-refractivity contribution in [2.75, 3.05) is 0 Å². The van der Waals surface area contributed by atoms with Gasteiger partial charge in [-0.1, -0.05) is 0 Å². The topological polar surface area (TPSA) is 32.9 Å². The molecule has 0 fully saturated rings. The van der Waals surface area contributed by atoms with E-state index in [0.29, 0.717) is 0 Å². The van der Waals surface area contributed by atoms with Gasteiger partial charge < -0.3 is 4.98 Å². The Labute approximate surface area is 78.5 Å². The number of hydrogen-bond acceptors (Lipinski definition) is 1. The number of nitrogens with one attached hydrogen (secondary N) is 1. The third kappa shape index (κ3) is 2.31. The predicted molar refractivity (Wildman–Crippen MR) is 37.0 cm³/mol. The van der Waals surface area contributed by atoms with Crippen molar-refractivity contribution in [1.82, 2.24) is 4.98 Å². The molecular formula is C7H3F6NO. The van der Waals surface area contributed by atoms with Crippen LogP contribution in [0.4, 0.5) is 26.3 Å². The molecule has 0 amide bonds. The fraction of sp³-hybridized carbons (Fsp3) is 0.286. The molecule has 0 saturated carbocycles. The molecule has 1 aromatic heterocycles. The Hall–Kier alpha value is -1.47. The maximum Gasteiger partial charge on any atom is 0.434 e. The minimum Gasteiger partial charge on any atom is -0.348 e. The number of H-pyrrole nitrogens is 1. The van der Waals surface area contributed by atoms with Crippen LogP contribution in [0.1, 0.15) is 17.8 Å². The average Bonchev–Trinajstić information content (AvgIpc) is 2.06. The highest BCUT2D eigenvalue weighted by Gasteiger charge is 2.37. The Kier molecular flexibility index (Phi) is 2.78. The first-order valence-corrected chi connectivity index (χ1v) is 3.51. The van der Waals surface area contributed by atoms with E-state index in [4.69, 9.17) is 0 Å². The molecule has 0 bridgehead atoms. The zero-order valence-corrected chi connectivity index (χ0v) is 6.83. The monoisotopic (exact) mass is 231 g/mol. The van der Waals surface area contributed by atoms with E-state index in [9.17, 15) is 31.1 Å². The lowest BCUT2D eigenvalue weighted by atomic mass is 10.2. The SMILES string of the molecule is O=c1cc(C(F)F)[nH]c(C(F)(F)F)c1F. The van der Waals surface area contributed by atoms with Crippen LogP contribution in [-0.4, -0.2) is 4.98 Å². The molecule has 0 unspecified atom stereocenters. The van der Waals surface area contributed by atoms with Crippen molar-refractivity contribution in [1.29, 1.82) is 0 Å². The number of pyridine rings is 1. The van der Waals surface area contributed by atoms with Gasteiger partial charge in [-0.2, -0.15) is 13.2 Å². The summed E-state index contributed by atoms with van der Waals surface area (Å²) in [7, 11) is 0. The summed E-state index contributed by atoms with van der Waals surface area (Å²) in [5, 5.41) is 0. The van der Waals surface area contributed by atoms with Crippen molar-refractivity contribution >= 4 is 0 Å². The molecule has 0 aliphatic heterocycles. The molecule has 0 radical (unpaired) electrons.